The zero-order valence-corrected chi connectivity index (χ0v) is 10.5. The first-order valence-corrected chi connectivity index (χ1v) is 6.60. The van der Waals surface area contributed by atoms with Gasteiger partial charge in [-0.05, 0) is 50.3 Å². The third-order valence-corrected chi connectivity index (χ3v) is 3.24. The Bertz CT molecular complexity index is 359. The molecule has 0 fully saturated rings. The van der Waals surface area contributed by atoms with Gasteiger partial charge < -0.3 is 5.32 Å². The zero-order valence-electron chi connectivity index (χ0n) is 10.5. The summed E-state index contributed by atoms with van der Waals surface area (Å²) in [6, 6.07) is 2.40. The second-order valence-electron chi connectivity index (χ2n) is 4.59. The van der Waals surface area contributed by atoms with Crippen LogP contribution in [-0.2, 0) is 0 Å². The van der Waals surface area contributed by atoms with E-state index in [1.165, 1.54) is 36.8 Å². The van der Waals surface area contributed by atoms with E-state index in [-0.39, 0.29) is 0 Å². The molecule has 0 aliphatic heterocycles. The summed E-state index contributed by atoms with van der Waals surface area (Å²) in [4.78, 5) is 0. The van der Waals surface area contributed by atoms with Crippen LogP contribution >= 0.6 is 0 Å². The molecule has 0 saturated carbocycles. The maximum atomic E-state index is 3.99. The second-order valence-corrected chi connectivity index (χ2v) is 4.59. The van der Waals surface area contributed by atoms with Gasteiger partial charge >= 0.3 is 0 Å². The van der Waals surface area contributed by atoms with E-state index in [4.69, 9.17) is 0 Å². The summed E-state index contributed by atoms with van der Waals surface area (Å²) in [5.41, 5.74) is 2.76. The fourth-order valence-electron chi connectivity index (χ4n) is 2.35. The maximum absolute atomic E-state index is 3.99. The molecule has 92 valence electrons. The number of aromatic nitrogens is 2. The van der Waals surface area contributed by atoms with Gasteiger partial charge in [-0.2, -0.15) is 10.2 Å². The first-order chi connectivity index (χ1) is 8.42. The molecule has 0 bridgehead atoms. The average molecular weight is 231 g/mol. The van der Waals surface area contributed by atoms with Crippen molar-refractivity contribution in [3.63, 3.8) is 0 Å². The van der Waals surface area contributed by atoms with Gasteiger partial charge in [-0.3, -0.25) is 0 Å². The molecule has 0 aromatic carbocycles. The van der Waals surface area contributed by atoms with Crippen molar-refractivity contribution in [1.82, 2.24) is 15.5 Å². The average Bonchev–Trinajstić information content (AvgIpc) is 2.42. The lowest BCUT2D eigenvalue weighted by atomic mass is 9.90. The minimum atomic E-state index is 0.339. The minimum Gasteiger partial charge on any atom is -0.306 e. The molecule has 1 aromatic heterocycles. The topological polar surface area (TPSA) is 37.8 Å². The van der Waals surface area contributed by atoms with Crippen molar-refractivity contribution in [1.29, 1.82) is 0 Å². The molecule has 3 nitrogen and oxygen atoms in total. The molecule has 1 heterocycles. The van der Waals surface area contributed by atoms with Crippen molar-refractivity contribution in [2.75, 3.05) is 6.54 Å². The first kappa shape index (κ1) is 12.2. The smallest absolute Gasteiger partial charge is 0.0552 e. The largest absolute Gasteiger partial charge is 0.306 e. The van der Waals surface area contributed by atoms with Crippen LogP contribution in [0, 0.1) is 0 Å². The highest BCUT2D eigenvalue weighted by atomic mass is 15.1. The first-order valence-electron chi connectivity index (χ1n) is 6.60. The summed E-state index contributed by atoms with van der Waals surface area (Å²) in [5, 5.41) is 11.5. The number of allylic oxidation sites excluding steroid dienone is 1. The van der Waals surface area contributed by atoms with Crippen LogP contribution in [0.3, 0.4) is 0 Å². The Morgan fingerprint density at radius 1 is 1.35 bits per heavy atom. The zero-order chi connectivity index (χ0) is 11.9. The summed E-state index contributed by atoms with van der Waals surface area (Å²) in [6.07, 6.45) is 12.3. The van der Waals surface area contributed by atoms with Crippen LogP contribution in [0.4, 0.5) is 0 Å². The predicted octanol–water partition coefficient (Wildman–Crippen LogP) is 3.02. The molecule has 0 spiro atoms. The molecule has 1 aliphatic carbocycles. The van der Waals surface area contributed by atoms with Crippen LogP contribution in [0.5, 0.6) is 0 Å². The standard InChI is InChI=1S/C14H21N3/c1-2-9-15-14(12-6-4-3-5-7-12)13-8-10-16-17-11-13/h6,8,10-11,14-15H,2-5,7,9H2,1H3. The molecule has 1 aliphatic rings. The van der Waals surface area contributed by atoms with Crippen LogP contribution in [-0.4, -0.2) is 16.7 Å². The van der Waals surface area contributed by atoms with Gasteiger partial charge in [0.2, 0.25) is 0 Å². The lowest BCUT2D eigenvalue weighted by molar-refractivity contribution is 0.544. The molecular formula is C14H21N3. The van der Waals surface area contributed by atoms with E-state index in [1.807, 2.05) is 6.20 Å². The number of nitrogens with zero attached hydrogens (tertiary/aromatic N) is 2. The highest BCUT2D eigenvalue weighted by Gasteiger charge is 2.17. The molecule has 1 atom stereocenters. The molecule has 2 rings (SSSR count). The van der Waals surface area contributed by atoms with Crippen molar-refractivity contribution in [3.05, 3.63) is 35.7 Å². The van der Waals surface area contributed by atoms with E-state index in [1.54, 1.807) is 6.20 Å². The quantitative estimate of drug-likeness (QED) is 0.792. The van der Waals surface area contributed by atoms with Gasteiger partial charge in [0.15, 0.2) is 0 Å². The molecule has 1 aromatic rings. The van der Waals surface area contributed by atoms with Gasteiger partial charge in [-0.1, -0.05) is 18.6 Å². The van der Waals surface area contributed by atoms with Crippen LogP contribution in [0.2, 0.25) is 0 Å². The van der Waals surface area contributed by atoms with Crippen molar-refractivity contribution >= 4 is 0 Å². The lowest BCUT2D eigenvalue weighted by Crippen LogP contribution is -2.25. The monoisotopic (exact) mass is 231 g/mol. The van der Waals surface area contributed by atoms with Gasteiger partial charge in [0.25, 0.3) is 0 Å². The molecule has 1 N–H and O–H groups in total. The Hall–Kier alpha value is -1.22. The van der Waals surface area contributed by atoms with E-state index in [2.05, 4.69) is 34.6 Å². The van der Waals surface area contributed by atoms with Crippen molar-refractivity contribution in [3.8, 4) is 0 Å². The summed E-state index contributed by atoms with van der Waals surface area (Å²) >= 11 is 0. The van der Waals surface area contributed by atoms with Crippen molar-refractivity contribution in [2.24, 2.45) is 0 Å². The minimum absolute atomic E-state index is 0.339. The van der Waals surface area contributed by atoms with Gasteiger partial charge in [-0.25, -0.2) is 0 Å². The van der Waals surface area contributed by atoms with Gasteiger partial charge in [0, 0.05) is 6.20 Å². The fourth-order valence-corrected chi connectivity index (χ4v) is 2.35. The van der Waals surface area contributed by atoms with E-state index < -0.39 is 0 Å². The maximum Gasteiger partial charge on any atom is 0.0552 e. The Balaban J connectivity index is 2.15. The molecule has 3 heteroatoms. The molecular weight excluding hydrogens is 210 g/mol. The Morgan fingerprint density at radius 3 is 2.94 bits per heavy atom. The normalized spacial score (nSPS) is 17.6. The van der Waals surface area contributed by atoms with Crippen LogP contribution in [0.15, 0.2) is 30.1 Å². The number of rotatable bonds is 5. The van der Waals surface area contributed by atoms with Crippen molar-refractivity contribution < 1.29 is 0 Å². The second kappa shape index (κ2) is 6.50. The molecule has 0 radical (unpaired) electrons. The fraction of sp³-hybridized carbons (Fsp3) is 0.571. The molecule has 0 amide bonds. The summed E-state index contributed by atoms with van der Waals surface area (Å²) in [7, 11) is 0. The van der Waals surface area contributed by atoms with E-state index in [9.17, 15) is 0 Å². The van der Waals surface area contributed by atoms with E-state index >= 15 is 0 Å². The summed E-state index contributed by atoms with van der Waals surface area (Å²) < 4.78 is 0. The highest BCUT2D eigenvalue weighted by molar-refractivity contribution is 5.25. The van der Waals surface area contributed by atoms with Crippen LogP contribution < -0.4 is 5.32 Å². The molecule has 17 heavy (non-hydrogen) atoms. The van der Waals surface area contributed by atoms with E-state index in [0.717, 1.165) is 13.0 Å². The summed E-state index contributed by atoms with van der Waals surface area (Å²) in [6.45, 7) is 3.24. The van der Waals surface area contributed by atoms with Gasteiger partial charge in [0.05, 0.1) is 12.2 Å². The number of hydrogen-bond acceptors (Lipinski definition) is 3. The van der Waals surface area contributed by atoms with Crippen LogP contribution in [0.25, 0.3) is 0 Å². The number of nitrogens with one attached hydrogen (secondary N) is 1. The summed E-state index contributed by atoms with van der Waals surface area (Å²) in [5.74, 6) is 0. The van der Waals surface area contributed by atoms with Crippen molar-refractivity contribution in [2.45, 2.75) is 45.1 Å². The van der Waals surface area contributed by atoms with Crippen LogP contribution in [0.1, 0.15) is 50.6 Å². The highest BCUT2D eigenvalue weighted by Crippen LogP contribution is 2.29. The van der Waals surface area contributed by atoms with Gasteiger partial charge in [-0.15, -0.1) is 0 Å². The SMILES string of the molecule is CCCNC(C1=CCCCC1)c1ccnnc1. The Morgan fingerprint density at radius 2 is 2.29 bits per heavy atom. The third-order valence-electron chi connectivity index (χ3n) is 3.24. The predicted molar refractivity (Wildman–Crippen MR) is 69.6 cm³/mol. The Kier molecular flexibility index (Phi) is 4.68. The van der Waals surface area contributed by atoms with Gasteiger partial charge in [0.1, 0.15) is 0 Å². The molecule has 0 saturated heterocycles. The molecule has 1 unspecified atom stereocenters. The Labute approximate surface area is 103 Å². The lowest BCUT2D eigenvalue weighted by Gasteiger charge is -2.24. The third kappa shape index (κ3) is 3.37. The number of hydrogen-bond donors (Lipinski definition) is 1. The van der Waals surface area contributed by atoms with E-state index in [0.29, 0.717) is 6.04 Å².